The fourth-order valence-electron chi connectivity index (χ4n) is 6.52. The molecule has 8 aromatic rings. The van der Waals surface area contributed by atoms with Gasteiger partial charge in [-0.25, -0.2) is 0 Å². The van der Waals surface area contributed by atoms with E-state index in [2.05, 4.69) is 111 Å². The van der Waals surface area contributed by atoms with E-state index in [0.717, 1.165) is 61.7 Å². The molecule has 0 spiro atoms. The van der Waals surface area contributed by atoms with Crippen molar-refractivity contribution in [2.24, 2.45) is 0 Å². The van der Waals surface area contributed by atoms with Gasteiger partial charge in [0.2, 0.25) is 0 Å². The van der Waals surface area contributed by atoms with Crippen LogP contribution >= 0.6 is 0 Å². The number of aryl methyl sites for hydroxylation is 1. The molecule has 0 fully saturated rings. The minimum Gasteiger partial charge on any atom is -0.501 e. The summed E-state index contributed by atoms with van der Waals surface area (Å²) in [6, 6.07) is 30.8. The quantitative estimate of drug-likeness (QED) is 0.161. The van der Waals surface area contributed by atoms with Crippen LogP contribution in [0.4, 0.5) is 4.39 Å². The van der Waals surface area contributed by atoms with Gasteiger partial charge in [0.1, 0.15) is 5.58 Å². The SMILES string of the molecule is CC(C)c1cccc(C(C)C)c1-n1c(-c2[c-]ccc3c2oc2ccccc23)nc2cnncc21.[2H]C([2H])([2H])c1c[c-]c(-c2ccc(C(C)(C)C)cn2)c(F)c1.[Ir]. The van der Waals surface area contributed by atoms with Crippen LogP contribution < -0.4 is 0 Å². The Labute approximate surface area is 328 Å². The molecular formula is C45H42FIrN5O-2. The number of furan rings is 1. The van der Waals surface area contributed by atoms with E-state index in [9.17, 15) is 4.39 Å². The summed E-state index contributed by atoms with van der Waals surface area (Å²) in [5.74, 6) is 0.823. The van der Waals surface area contributed by atoms with Crippen LogP contribution in [-0.4, -0.2) is 24.7 Å². The molecule has 0 unspecified atom stereocenters. The van der Waals surface area contributed by atoms with Crippen LogP contribution in [0.25, 0.3) is 61.3 Å². The number of pyridine rings is 1. The Balaban J connectivity index is 0.000000209. The van der Waals surface area contributed by atoms with Crippen LogP contribution in [0.5, 0.6) is 0 Å². The van der Waals surface area contributed by atoms with Crippen molar-refractivity contribution in [3.8, 4) is 28.3 Å². The van der Waals surface area contributed by atoms with Gasteiger partial charge in [0.25, 0.3) is 0 Å². The number of halogens is 1. The van der Waals surface area contributed by atoms with E-state index >= 15 is 0 Å². The largest absolute Gasteiger partial charge is 0.501 e. The second kappa shape index (κ2) is 15.1. The molecule has 0 aliphatic heterocycles. The van der Waals surface area contributed by atoms with Crippen molar-refractivity contribution in [3.63, 3.8) is 0 Å². The number of hydrogen-bond donors (Lipinski definition) is 0. The molecule has 4 heterocycles. The van der Waals surface area contributed by atoms with E-state index in [1.807, 2.05) is 30.3 Å². The summed E-state index contributed by atoms with van der Waals surface area (Å²) < 4.78 is 44.5. The summed E-state index contributed by atoms with van der Waals surface area (Å²) in [5, 5.41) is 10.5. The fourth-order valence-corrected chi connectivity index (χ4v) is 6.52. The first kappa shape index (κ1) is 33.8. The second-order valence-electron chi connectivity index (χ2n) is 14.6. The van der Waals surface area contributed by atoms with Gasteiger partial charge >= 0.3 is 0 Å². The molecule has 1 radical (unpaired) electrons. The van der Waals surface area contributed by atoms with Crippen molar-refractivity contribution < 1.29 is 33.0 Å². The number of rotatable bonds is 5. The summed E-state index contributed by atoms with van der Waals surface area (Å²) >= 11 is 0. The zero-order valence-corrected chi connectivity index (χ0v) is 33.1. The standard InChI is InChI=1S/C29H25N4O.C16H17FN.Ir/c1-17(2)19-10-7-11-20(18(3)4)27(19)33-25-16-31-30-15-24(25)32-29(33)23-13-8-12-22-21-9-5-6-14-26(21)34-28(22)23;1-11-5-7-13(14(17)9-11)15-8-6-12(10-18-15)16(2,3)4;/h5-12,14-18H,1-4H3;5-6,8-10H,1-4H3;/q2*-1;/i;1D3;. The Morgan fingerprint density at radius 3 is 2.23 bits per heavy atom. The third-order valence-electron chi connectivity index (χ3n) is 9.28. The van der Waals surface area contributed by atoms with Crippen LogP contribution in [0.15, 0.2) is 102 Å². The monoisotopic (exact) mass is 883 g/mol. The van der Waals surface area contributed by atoms with Gasteiger partial charge in [0.05, 0.1) is 34.8 Å². The first-order valence-electron chi connectivity index (χ1n) is 19.0. The Bertz CT molecular complexity index is 2630. The number of nitrogens with zero attached hydrogens (tertiary/aromatic N) is 5. The summed E-state index contributed by atoms with van der Waals surface area (Å²) in [7, 11) is 0. The van der Waals surface area contributed by atoms with Crippen molar-refractivity contribution in [2.75, 3.05) is 0 Å². The Morgan fingerprint density at radius 1 is 0.830 bits per heavy atom. The average molecular weight is 883 g/mol. The Morgan fingerprint density at radius 2 is 1.57 bits per heavy atom. The molecule has 0 aliphatic rings. The second-order valence-corrected chi connectivity index (χ2v) is 14.6. The van der Waals surface area contributed by atoms with Crippen LogP contribution in [0.3, 0.4) is 0 Å². The predicted octanol–water partition coefficient (Wildman–Crippen LogP) is 11.7. The van der Waals surface area contributed by atoms with Crippen molar-refractivity contribution >= 4 is 33.0 Å². The molecule has 0 bridgehead atoms. The Kier molecular flexibility index (Phi) is 9.64. The maximum Gasteiger partial charge on any atom is 0.120 e. The number of fused-ring (bicyclic) bond motifs is 4. The molecule has 4 aromatic heterocycles. The van der Waals surface area contributed by atoms with E-state index in [-0.39, 0.29) is 36.6 Å². The molecule has 8 rings (SSSR count). The zero-order valence-electron chi connectivity index (χ0n) is 33.7. The normalized spacial score (nSPS) is 12.8. The minimum atomic E-state index is -2.33. The van der Waals surface area contributed by atoms with Crippen molar-refractivity contribution in [3.05, 3.63) is 138 Å². The van der Waals surface area contributed by atoms with Crippen molar-refractivity contribution in [1.29, 1.82) is 0 Å². The third-order valence-corrected chi connectivity index (χ3v) is 9.28. The first-order chi connectivity index (χ1) is 26.1. The van der Waals surface area contributed by atoms with Crippen molar-refractivity contribution in [2.45, 2.75) is 72.6 Å². The number of imidazole rings is 1. The first-order valence-corrected chi connectivity index (χ1v) is 17.5. The van der Waals surface area contributed by atoms with Gasteiger partial charge in [0.15, 0.2) is 0 Å². The van der Waals surface area contributed by atoms with Gasteiger partial charge in [-0.3, -0.25) is 9.37 Å². The molecule has 0 amide bonds. The van der Waals surface area contributed by atoms with Gasteiger partial charge in [-0.15, -0.1) is 42.0 Å². The van der Waals surface area contributed by atoms with Gasteiger partial charge in [-0.1, -0.05) is 120 Å². The molecule has 0 N–H and O–H groups in total. The van der Waals surface area contributed by atoms with Crippen LogP contribution in [0, 0.1) is 24.8 Å². The fraction of sp³-hybridized carbons (Fsp3) is 0.244. The molecule has 271 valence electrons. The van der Waals surface area contributed by atoms with Gasteiger partial charge in [0, 0.05) is 47.3 Å². The van der Waals surface area contributed by atoms with E-state index in [1.54, 1.807) is 24.7 Å². The predicted molar refractivity (Wildman–Crippen MR) is 208 cm³/mol. The molecular weight excluding hydrogens is 838 g/mol. The number of aromatic nitrogens is 5. The molecule has 0 saturated heterocycles. The van der Waals surface area contributed by atoms with Crippen LogP contribution in [-0.2, 0) is 25.5 Å². The average Bonchev–Trinajstić information content (AvgIpc) is 3.73. The molecule has 0 atom stereocenters. The third kappa shape index (κ3) is 7.31. The number of benzene rings is 4. The number of hydrogen-bond acceptors (Lipinski definition) is 5. The summed E-state index contributed by atoms with van der Waals surface area (Å²) in [5.41, 5.74) is 9.45. The zero-order chi connectivity index (χ0) is 39.2. The topological polar surface area (TPSA) is 69.6 Å². The van der Waals surface area contributed by atoms with Crippen molar-refractivity contribution in [1.82, 2.24) is 24.7 Å². The van der Waals surface area contributed by atoms with E-state index in [4.69, 9.17) is 13.5 Å². The van der Waals surface area contributed by atoms with Crippen LogP contribution in [0.1, 0.15) is 86.7 Å². The van der Waals surface area contributed by atoms with Gasteiger partial charge in [-0.05, 0) is 45.7 Å². The smallest absolute Gasteiger partial charge is 0.120 e. The molecule has 0 aliphatic carbocycles. The molecule has 4 aromatic carbocycles. The van der Waals surface area contributed by atoms with Gasteiger partial charge < -0.3 is 14.0 Å². The van der Waals surface area contributed by atoms with Crippen LogP contribution in [0.2, 0.25) is 0 Å². The molecule has 8 heteroatoms. The van der Waals surface area contributed by atoms with Gasteiger partial charge in [-0.2, -0.15) is 10.2 Å². The minimum absolute atomic E-state index is 0. The summed E-state index contributed by atoms with van der Waals surface area (Å²) in [6.07, 6.45) is 5.23. The molecule has 0 saturated carbocycles. The Hall–Kier alpha value is -5.04. The number of para-hydroxylation sites is 2. The maximum absolute atomic E-state index is 14.1. The maximum atomic E-state index is 14.1. The van der Waals surface area contributed by atoms with E-state index in [1.165, 1.54) is 17.2 Å². The molecule has 6 nitrogen and oxygen atoms in total. The summed E-state index contributed by atoms with van der Waals surface area (Å²) in [4.78, 5) is 9.31. The molecule has 53 heavy (non-hydrogen) atoms. The summed E-state index contributed by atoms with van der Waals surface area (Å²) in [6.45, 7) is 12.8. The van der Waals surface area contributed by atoms with E-state index < -0.39 is 12.7 Å². The van der Waals surface area contributed by atoms with E-state index in [0.29, 0.717) is 17.5 Å².